The number of nitrogens with one attached hydrogen (secondary N) is 2. The lowest BCUT2D eigenvalue weighted by Crippen LogP contribution is -2.21. The highest BCUT2D eigenvalue weighted by Crippen LogP contribution is 2.15. The van der Waals surface area contributed by atoms with Crippen molar-refractivity contribution in [3.63, 3.8) is 0 Å². The minimum Gasteiger partial charge on any atom is -0.359 e. The highest BCUT2D eigenvalue weighted by atomic mass is 16.2. The second-order valence-electron chi connectivity index (χ2n) is 3.54. The number of aromatic amines is 1. The van der Waals surface area contributed by atoms with Crippen LogP contribution < -0.4 is 5.32 Å². The Balaban J connectivity index is 2.26. The van der Waals surface area contributed by atoms with Gasteiger partial charge in [0, 0.05) is 18.0 Å². The Hall–Kier alpha value is -2.10. The first kappa shape index (κ1) is 10.4. The smallest absolute Gasteiger partial charge is 0.227 e. The number of Topliss-reactive ketones (excluding diaryl/α,β-unsaturated/α-hetero) is 1. The van der Waals surface area contributed by atoms with Crippen molar-refractivity contribution in [1.82, 2.24) is 10.3 Å². The molecule has 1 amide bonds. The molecule has 1 aromatic heterocycles. The number of rotatable bonds is 3. The van der Waals surface area contributed by atoms with Crippen LogP contribution in [0.3, 0.4) is 0 Å². The molecule has 1 aromatic carbocycles. The minimum atomic E-state index is -0.274. The van der Waals surface area contributed by atoms with E-state index < -0.39 is 0 Å². The summed E-state index contributed by atoms with van der Waals surface area (Å²) in [6, 6.07) is 9.38. The van der Waals surface area contributed by atoms with E-state index in [2.05, 4.69) is 10.3 Å². The van der Waals surface area contributed by atoms with Gasteiger partial charge in [-0.2, -0.15) is 0 Å². The van der Waals surface area contributed by atoms with Crippen molar-refractivity contribution in [2.45, 2.75) is 6.42 Å². The third-order valence-electron chi connectivity index (χ3n) is 2.43. The molecule has 0 fully saturated rings. The maximum Gasteiger partial charge on any atom is 0.227 e. The Kier molecular flexibility index (Phi) is 2.72. The zero-order valence-corrected chi connectivity index (χ0v) is 8.91. The van der Waals surface area contributed by atoms with Crippen LogP contribution in [0.1, 0.15) is 16.9 Å². The largest absolute Gasteiger partial charge is 0.359 e. The SMILES string of the molecule is CNC(=O)CC(=O)c1cc2ccccc2[nH]1. The number of hydrogen-bond donors (Lipinski definition) is 2. The summed E-state index contributed by atoms with van der Waals surface area (Å²) in [5, 5.41) is 3.40. The number of benzene rings is 1. The number of amides is 1. The number of fused-ring (bicyclic) bond motifs is 1. The maximum atomic E-state index is 11.7. The van der Waals surface area contributed by atoms with Crippen molar-refractivity contribution >= 4 is 22.6 Å². The zero-order chi connectivity index (χ0) is 11.5. The number of hydrogen-bond acceptors (Lipinski definition) is 2. The van der Waals surface area contributed by atoms with Crippen molar-refractivity contribution in [2.24, 2.45) is 0 Å². The van der Waals surface area contributed by atoms with E-state index >= 15 is 0 Å². The van der Waals surface area contributed by atoms with Gasteiger partial charge in [0.05, 0.1) is 12.1 Å². The van der Waals surface area contributed by atoms with Crippen molar-refractivity contribution in [1.29, 1.82) is 0 Å². The molecule has 0 bridgehead atoms. The molecule has 0 spiro atoms. The van der Waals surface area contributed by atoms with Crippen LogP contribution in [0.25, 0.3) is 10.9 Å². The van der Waals surface area contributed by atoms with E-state index in [1.54, 1.807) is 6.07 Å². The second-order valence-corrected chi connectivity index (χ2v) is 3.54. The van der Waals surface area contributed by atoms with E-state index in [1.807, 2.05) is 24.3 Å². The van der Waals surface area contributed by atoms with Gasteiger partial charge in [-0.3, -0.25) is 9.59 Å². The van der Waals surface area contributed by atoms with Gasteiger partial charge in [-0.05, 0) is 12.1 Å². The van der Waals surface area contributed by atoms with Crippen LogP contribution in [0, 0.1) is 0 Å². The molecule has 2 aromatic rings. The molecule has 2 rings (SSSR count). The molecule has 4 nitrogen and oxygen atoms in total. The van der Waals surface area contributed by atoms with Crippen LogP contribution in [0.15, 0.2) is 30.3 Å². The third kappa shape index (κ3) is 1.95. The van der Waals surface area contributed by atoms with Crippen LogP contribution in [0.4, 0.5) is 0 Å². The summed E-state index contributed by atoms with van der Waals surface area (Å²) in [6.07, 6.45) is -0.122. The van der Waals surface area contributed by atoms with Crippen LogP contribution in [0.2, 0.25) is 0 Å². The maximum absolute atomic E-state index is 11.7. The summed E-state index contributed by atoms with van der Waals surface area (Å²) in [7, 11) is 1.51. The zero-order valence-electron chi connectivity index (χ0n) is 8.91. The van der Waals surface area contributed by atoms with Gasteiger partial charge < -0.3 is 10.3 Å². The fourth-order valence-electron chi connectivity index (χ4n) is 1.55. The molecule has 0 aliphatic rings. The van der Waals surface area contributed by atoms with Gasteiger partial charge in [0.2, 0.25) is 5.91 Å². The molecule has 0 aliphatic heterocycles. The van der Waals surface area contributed by atoms with E-state index in [0.717, 1.165) is 10.9 Å². The Labute approximate surface area is 92.7 Å². The number of carbonyl (C=O) groups excluding carboxylic acids is 2. The molecule has 0 unspecified atom stereocenters. The number of H-pyrrole nitrogens is 1. The minimum absolute atomic E-state index is 0.122. The number of para-hydroxylation sites is 1. The Bertz CT molecular complexity index is 510. The van der Waals surface area contributed by atoms with Crippen LogP contribution >= 0.6 is 0 Å². The van der Waals surface area contributed by atoms with Crippen molar-refractivity contribution in [2.75, 3.05) is 7.05 Å². The first-order valence-corrected chi connectivity index (χ1v) is 5.02. The van der Waals surface area contributed by atoms with E-state index in [1.165, 1.54) is 7.05 Å². The number of ketones is 1. The van der Waals surface area contributed by atoms with Crippen molar-refractivity contribution in [3.05, 3.63) is 36.0 Å². The third-order valence-corrected chi connectivity index (χ3v) is 2.43. The molecule has 0 atom stereocenters. The Morgan fingerprint density at radius 3 is 2.75 bits per heavy atom. The van der Waals surface area contributed by atoms with Crippen LogP contribution in [-0.2, 0) is 4.79 Å². The standard InChI is InChI=1S/C12H12N2O2/c1-13-12(16)7-11(15)10-6-8-4-2-3-5-9(8)14-10/h2-6,14H,7H2,1H3,(H,13,16). The average Bonchev–Trinajstić information content (AvgIpc) is 2.72. The molecule has 0 aliphatic carbocycles. The van der Waals surface area contributed by atoms with Gasteiger partial charge in [0.15, 0.2) is 5.78 Å². The molecule has 0 saturated carbocycles. The highest BCUT2D eigenvalue weighted by molar-refractivity contribution is 6.08. The monoisotopic (exact) mass is 216 g/mol. The molecule has 1 heterocycles. The topological polar surface area (TPSA) is 62.0 Å². The van der Waals surface area contributed by atoms with Crippen LogP contribution in [0.5, 0.6) is 0 Å². The summed E-state index contributed by atoms with van der Waals surface area (Å²) in [6.45, 7) is 0. The molecule has 0 radical (unpaired) electrons. The quantitative estimate of drug-likeness (QED) is 0.603. The van der Waals surface area contributed by atoms with Gasteiger partial charge in [0.25, 0.3) is 0 Å². The lowest BCUT2D eigenvalue weighted by molar-refractivity contribution is -0.119. The van der Waals surface area contributed by atoms with E-state index in [0.29, 0.717) is 5.69 Å². The highest BCUT2D eigenvalue weighted by Gasteiger charge is 2.12. The van der Waals surface area contributed by atoms with Gasteiger partial charge in [-0.15, -0.1) is 0 Å². The fourth-order valence-corrected chi connectivity index (χ4v) is 1.55. The second kappa shape index (κ2) is 4.18. The first-order chi connectivity index (χ1) is 7.70. The predicted octanol–water partition coefficient (Wildman–Crippen LogP) is 1.49. The summed E-state index contributed by atoms with van der Waals surface area (Å²) in [5.41, 5.74) is 1.38. The van der Waals surface area contributed by atoms with Crippen LogP contribution in [-0.4, -0.2) is 23.7 Å². The Morgan fingerprint density at radius 1 is 1.31 bits per heavy atom. The molecule has 4 heteroatoms. The van der Waals surface area contributed by atoms with Gasteiger partial charge in [-0.25, -0.2) is 0 Å². The fraction of sp³-hybridized carbons (Fsp3) is 0.167. The number of aromatic nitrogens is 1. The lowest BCUT2D eigenvalue weighted by atomic mass is 10.2. The summed E-state index contributed by atoms with van der Waals surface area (Å²) < 4.78 is 0. The molecule has 16 heavy (non-hydrogen) atoms. The van der Waals surface area contributed by atoms with Gasteiger partial charge >= 0.3 is 0 Å². The molecule has 2 N–H and O–H groups in total. The van der Waals surface area contributed by atoms with Crippen molar-refractivity contribution in [3.8, 4) is 0 Å². The predicted molar refractivity (Wildman–Crippen MR) is 61.3 cm³/mol. The summed E-state index contributed by atoms with van der Waals surface area (Å²) in [4.78, 5) is 25.8. The molecular weight excluding hydrogens is 204 g/mol. The molecular formula is C12H12N2O2. The normalized spacial score (nSPS) is 10.3. The lowest BCUT2D eigenvalue weighted by Gasteiger charge is -1.96. The van der Waals surface area contributed by atoms with E-state index in [-0.39, 0.29) is 18.1 Å². The molecule has 0 saturated heterocycles. The van der Waals surface area contributed by atoms with Gasteiger partial charge in [-0.1, -0.05) is 18.2 Å². The molecule has 82 valence electrons. The van der Waals surface area contributed by atoms with Crippen molar-refractivity contribution < 1.29 is 9.59 Å². The van der Waals surface area contributed by atoms with Gasteiger partial charge in [0.1, 0.15) is 0 Å². The Morgan fingerprint density at radius 2 is 2.06 bits per heavy atom. The first-order valence-electron chi connectivity index (χ1n) is 5.02. The van der Waals surface area contributed by atoms with E-state index in [4.69, 9.17) is 0 Å². The van der Waals surface area contributed by atoms with E-state index in [9.17, 15) is 9.59 Å². The summed E-state index contributed by atoms with van der Waals surface area (Å²) >= 11 is 0. The average molecular weight is 216 g/mol. The number of carbonyl (C=O) groups is 2. The summed E-state index contributed by atoms with van der Waals surface area (Å²) in [5.74, 6) is -0.473.